The molecule has 0 atom stereocenters. The Kier molecular flexibility index (Phi) is 3.62. The normalized spacial score (nSPS) is 20.9. The van der Waals surface area contributed by atoms with Crippen molar-refractivity contribution in [1.29, 1.82) is 0 Å². The molecule has 1 aliphatic heterocycles. The molecule has 104 valence electrons. The third kappa shape index (κ3) is 2.93. The lowest BCUT2D eigenvalue weighted by atomic mass is 9.84. The number of anilines is 1. The first-order chi connectivity index (χ1) is 8.71. The minimum absolute atomic E-state index is 0.333. The molecule has 0 amide bonds. The fourth-order valence-electron chi connectivity index (χ4n) is 1.92. The maximum atomic E-state index is 6.00. The van der Waals surface area contributed by atoms with Gasteiger partial charge in [0, 0.05) is 6.04 Å². The first kappa shape index (κ1) is 14.3. The zero-order valence-electron chi connectivity index (χ0n) is 12.7. The number of rotatable bonds is 3. The summed E-state index contributed by atoms with van der Waals surface area (Å²) in [6, 6.07) is 6.21. The van der Waals surface area contributed by atoms with Crippen molar-refractivity contribution in [2.75, 3.05) is 5.32 Å². The van der Waals surface area contributed by atoms with Gasteiger partial charge in [-0.15, -0.1) is 0 Å². The van der Waals surface area contributed by atoms with E-state index in [0.29, 0.717) is 6.04 Å². The highest BCUT2D eigenvalue weighted by molar-refractivity contribution is 6.61. The second-order valence-corrected chi connectivity index (χ2v) is 6.33. The fraction of sp³-hybridized carbons (Fsp3) is 0.643. The van der Waals surface area contributed by atoms with Crippen molar-refractivity contribution >= 4 is 18.5 Å². The number of aromatic nitrogens is 1. The maximum absolute atomic E-state index is 6.00. The smallest absolute Gasteiger partial charge is 0.398 e. The Hall–Kier alpha value is -1.07. The second kappa shape index (κ2) is 4.80. The average molecular weight is 262 g/mol. The van der Waals surface area contributed by atoms with Gasteiger partial charge >= 0.3 is 7.12 Å². The van der Waals surface area contributed by atoms with Crippen molar-refractivity contribution in [2.24, 2.45) is 0 Å². The van der Waals surface area contributed by atoms with E-state index in [4.69, 9.17) is 9.31 Å². The van der Waals surface area contributed by atoms with Crippen molar-refractivity contribution in [3.63, 3.8) is 0 Å². The molecule has 1 saturated heterocycles. The van der Waals surface area contributed by atoms with E-state index in [9.17, 15) is 0 Å². The molecule has 1 aromatic rings. The van der Waals surface area contributed by atoms with Gasteiger partial charge in [-0.3, -0.25) is 0 Å². The molecule has 4 nitrogen and oxygen atoms in total. The van der Waals surface area contributed by atoms with Crippen LogP contribution in [-0.2, 0) is 9.31 Å². The zero-order valence-corrected chi connectivity index (χ0v) is 12.7. The van der Waals surface area contributed by atoms with Gasteiger partial charge in [-0.05, 0) is 53.7 Å². The van der Waals surface area contributed by atoms with E-state index < -0.39 is 7.12 Å². The quantitative estimate of drug-likeness (QED) is 0.848. The van der Waals surface area contributed by atoms with E-state index >= 15 is 0 Å². The maximum Gasteiger partial charge on any atom is 0.514 e. The van der Waals surface area contributed by atoms with Gasteiger partial charge < -0.3 is 14.6 Å². The highest BCUT2D eigenvalue weighted by Crippen LogP contribution is 2.36. The van der Waals surface area contributed by atoms with E-state index in [1.807, 2.05) is 45.9 Å². The van der Waals surface area contributed by atoms with E-state index in [1.54, 1.807) is 0 Å². The lowest BCUT2D eigenvalue weighted by Gasteiger charge is -2.32. The Balaban J connectivity index is 2.20. The number of nitrogens with one attached hydrogen (secondary N) is 1. The topological polar surface area (TPSA) is 43.4 Å². The molecule has 0 spiro atoms. The molecule has 2 rings (SSSR count). The summed E-state index contributed by atoms with van der Waals surface area (Å²) in [7, 11) is -0.404. The first-order valence-electron chi connectivity index (χ1n) is 6.80. The van der Waals surface area contributed by atoms with Gasteiger partial charge in [-0.25, -0.2) is 4.98 Å². The number of pyridine rings is 1. The fourth-order valence-corrected chi connectivity index (χ4v) is 1.92. The van der Waals surface area contributed by atoms with Gasteiger partial charge in [0.1, 0.15) is 5.82 Å². The molecular weight excluding hydrogens is 239 g/mol. The highest BCUT2D eigenvalue weighted by atomic mass is 16.7. The van der Waals surface area contributed by atoms with Gasteiger partial charge in [-0.2, -0.15) is 0 Å². The minimum Gasteiger partial charge on any atom is -0.398 e. The van der Waals surface area contributed by atoms with Crippen LogP contribution in [0.1, 0.15) is 41.5 Å². The van der Waals surface area contributed by atoms with Gasteiger partial charge in [0.2, 0.25) is 0 Å². The van der Waals surface area contributed by atoms with Crippen LogP contribution in [0, 0.1) is 0 Å². The molecule has 5 heteroatoms. The van der Waals surface area contributed by atoms with Gasteiger partial charge in [0.05, 0.1) is 16.8 Å². The summed E-state index contributed by atoms with van der Waals surface area (Å²) in [6.07, 6.45) is 0. The standard InChI is InChI=1S/C14H23BN2O2/c1-10(2)16-12-9-7-8-11(17-12)15-18-13(3,4)14(5,6)19-15/h7-10H,1-6H3,(H,16,17). The summed E-state index contributed by atoms with van der Waals surface area (Å²) in [5.41, 5.74) is 0.145. The van der Waals surface area contributed by atoms with Crippen LogP contribution in [0.2, 0.25) is 0 Å². The highest BCUT2D eigenvalue weighted by Gasteiger charge is 2.52. The molecule has 1 aromatic heterocycles. The summed E-state index contributed by atoms with van der Waals surface area (Å²) in [4.78, 5) is 4.56. The summed E-state index contributed by atoms with van der Waals surface area (Å²) >= 11 is 0. The van der Waals surface area contributed by atoms with Crippen molar-refractivity contribution < 1.29 is 9.31 Å². The van der Waals surface area contributed by atoms with E-state index in [1.165, 1.54) is 0 Å². The third-order valence-electron chi connectivity index (χ3n) is 3.70. The first-order valence-corrected chi connectivity index (χ1v) is 6.80. The molecule has 1 aliphatic rings. The molecule has 0 aromatic carbocycles. The Bertz CT molecular complexity index is 445. The minimum atomic E-state index is -0.404. The summed E-state index contributed by atoms with van der Waals surface area (Å²) in [6.45, 7) is 12.4. The molecule has 1 fully saturated rings. The predicted octanol–water partition coefficient (Wildman–Crippen LogP) is 2.20. The predicted molar refractivity (Wildman–Crippen MR) is 78.7 cm³/mol. The molecular formula is C14H23BN2O2. The number of nitrogens with zero attached hydrogens (tertiary/aromatic N) is 1. The Morgan fingerprint density at radius 1 is 1.11 bits per heavy atom. The molecule has 0 unspecified atom stereocenters. The van der Waals surface area contributed by atoms with Crippen molar-refractivity contribution in [3.8, 4) is 0 Å². The van der Waals surface area contributed by atoms with E-state index in [0.717, 1.165) is 11.4 Å². The number of hydrogen-bond donors (Lipinski definition) is 1. The molecule has 0 aliphatic carbocycles. The lowest BCUT2D eigenvalue weighted by molar-refractivity contribution is 0.00578. The number of hydrogen-bond acceptors (Lipinski definition) is 4. The SMILES string of the molecule is CC(C)Nc1cccc(B2OC(C)(C)C(C)(C)O2)n1. The van der Waals surface area contributed by atoms with Crippen LogP contribution < -0.4 is 10.9 Å². The average Bonchev–Trinajstić information content (AvgIpc) is 2.47. The third-order valence-corrected chi connectivity index (χ3v) is 3.70. The van der Waals surface area contributed by atoms with Crippen LogP contribution in [0.4, 0.5) is 5.82 Å². The van der Waals surface area contributed by atoms with Crippen molar-refractivity contribution in [2.45, 2.75) is 58.8 Å². The molecule has 2 heterocycles. The molecule has 0 bridgehead atoms. The molecule has 1 N–H and O–H groups in total. The van der Waals surface area contributed by atoms with E-state index in [2.05, 4.69) is 24.1 Å². The van der Waals surface area contributed by atoms with Crippen LogP contribution in [-0.4, -0.2) is 29.3 Å². The van der Waals surface area contributed by atoms with Crippen LogP contribution in [0.25, 0.3) is 0 Å². The molecule has 0 radical (unpaired) electrons. The summed E-state index contributed by atoms with van der Waals surface area (Å²) < 4.78 is 12.0. The van der Waals surface area contributed by atoms with E-state index in [-0.39, 0.29) is 11.2 Å². The second-order valence-electron chi connectivity index (χ2n) is 6.33. The van der Waals surface area contributed by atoms with Crippen LogP contribution >= 0.6 is 0 Å². The van der Waals surface area contributed by atoms with Crippen LogP contribution in [0.15, 0.2) is 18.2 Å². The van der Waals surface area contributed by atoms with Gasteiger partial charge in [0.15, 0.2) is 0 Å². The monoisotopic (exact) mass is 262 g/mol. The Morgan fingerprint density at radius 2 is 1.68 bits per heavy atom. The largest absolute Gasteiger partial charge is 0.514 e. The Morgan fingerprint density at radius 3 is 2.21 bits per heavy atom. The molecule has 0 saturated carbocycles. The lowest BCUT2D eigenvalue weighted by Crippen LogP contribution is -2.41. The van der Waals surface area contributed by atoms with Crippen LogP contribution in [0.3, 0.4) is 0 Å². The van der Waals surface area contributed by atoms with Crippen LogP contribution in [0.5, 0.6) is 0 Å². The molecule has 19 heavy (non-hydrogen) atoms. The van der Waals surface area contributed by atoms with Gasteiger partial charge in [0.25, 0.3) is 0 Å². The zero-order chi connectivity index (χ0) is 14.3. The van der Waals surface area contributed by atoms with Crippen molar-refractivity contribution in [3.05, 3.63) is 18.2 Å². The Labute approximate surface area is 116 Å². The summed E-state index contributed by atoms with van der Waals surface area (Å²) in [5, 5.41) is 3.29. The van der Waals surface area contributed by atoms with Gasteiger partial charge in [-0.1, -0.05) is 6.07 Å². The van der Waals surface area contributed by atoms with Crippen molar-refractivity contribution in [1.82, 2.24) is 4.98 Å². The summed E-state index contributed by atoms with van der Waals surface area (Å²) in [5.74, 6) is 0.849.